The third-order valence-corrected chi connectivity index (χ3v) is 3.72. The van der Waals surface area contributed by atoms with Crippen molar-refractivity contribution >= 4 is 15.7 Å². The molecule has 0 bridgehead atoms. The summed E-state index contributed by atoms with van der Waals surface area (Å²) < 4.78 is 26.4. The highest BCUT2D eigenvalue weighted by atomic mass is 32.2. The normalized spacial score (nSPS) is 11.3. The average Bonchev–Trinajstić information content (AvgIpc) is 2.41. The number of hydrogen-bond donors (Lipinski definition) is 2. The predicted molar refractivity (Wildman–Crippen MR) is 69.9 cm³/mol. The van der Waals surface area contributed by atoms with Crippen LogP contribution in [0.4, 0.5) is 5.69 Å². The molecule has 2 heterocycles. The number of anilines is 1. The number of hydrogen-bond acceptors (Lipinski definition) is 5. The number of aliphatic hydroxyl groups excluding tert-OH is 1. The van der Waals surface area contributed by atoms with Gasteiger partial charge in [0.05, 0.1) is 18.5 Å². The van der Waals surface area contributed by atoms with Crippen molar-refractivity contribution in [3.8, 4) is 0 Å². The first kappa shape index (κ1) is 13.4. The lowest BCUT2D eigenvalue weighted by atomic mass is 10.3. The molecule has 0 radical (unpaired) electrons. The monoisotopic (exact) mass is 279 g/mol. The third-order valence-electron chi connectivity index (χ3n) is 2.42. The van der Waals surface area contributed by atoms with Crippen molar-refractivity contribution in [2.45, 2.75) is 18.6 Å². The molecule has 0 saturated carbocycles. The van der Waals surface area contributed by atoms with Gasteiger partial charge in [-0.1, -0.05) is 6.07 Å². The maximum atomic E-state index is 12.0. The van der Waals surface area contributed by atoms with E-state index in [0.29, 0.717) is 11.3 Å². The molecule has 7 heteroatoms. The van der Waals surface area contributed by atoms with Crippen LogP contribution in [0.1, 0.15) is 11.3 Å². The van der Waals surface area contributed by atoms with Gasteiger partial charge in [-0.05, 0) is 30.7 Å². The first-order chi connectivity index (χ1) is 9.01. The van der Waals surface area contributed by atoms with Crippen molar-refractivity contribution in [3.63, 3.8) is 0 Å². The number of aromatic nitrogens is 2. The molecule has 0 aliphatic heterocycles. The lowest BCUT2D eigenvalue weighted by Gasteiger charge is -2.07. The summed E-state index contributed by atoms with van der Waals surface area (Å²) >= 11 is 0. The van der Waals surface area contributed by atoms with Gasteiger partial charge >= 0.3 is 0 Å². The number of nitrogens with zero attached hydrogens (tertiary/aromatic N) is 2. The van der Waals surface area contributed by atoms with Crippen LogP contribution in [-0.4, -0.2) is 23.5 Å². The van der Waals surface area contributed by atoms with Crippen molar-refractivity contribution < 1.29 is 13.5 Å². The van der Waals surface area contributed by atoms with Crippen molar-refractivity contribution in [3.05, 3.63) is 47.9 Å². The van der Waals surface area contributed by atoms with Crippen molar-refractivity contribution in [2.24, 2.45) is 0 Å². The lowest BCUT2D eigenvalue weighted by Crippen LogP contribution is -2.14. The van der Waals surface area contributed by atoms with Crippen LogP contribution in [0.5, 0.6) is 0 Å². The average molecular weight is 279 g/mol. The molecule has 0 aliphatic carbocycles. The van der Waals surface area contributed by atoms with Gasteiger partial charge in [-0.2, -0.15) is 8.42 Å². The molecule has 2 aromatic rings. The maximum Gasteiger partial charge on any atom is 0.279 e. The molecular weight excluding hydrogens is 266 g/mol. The Morgan fingerprint density at radius 1 is 1.16 bits per heavy atom. The van der Waals surface area contributed by atoms with Crippen molar-refractivity contribution in [1.82, 2.24) is 9.97 Å². The van der Waals surface area contributed by atoms with E-state index in [9.17, 15) is 8.42 Å². The molecule has 0 amide bonds. The highest BCUT2D eigenvalue weighted by Gasteiger charge is 2.15. The molecule has 0 spiro atoms. The van der Waals surface area contributed by atoms with E-state index < -0.39 is 10.0 Å². The maximum absolute atomic E-state index is 12.0. The predicted octanol–water partition coefficient (Wildman–Crippen LogP) is 1.08. The molecule has 2 rings (SSSR count). The molecule has 2 aromatic heterocycles. The summed E-state index contributed by atoms with van der Waals surface area (Å²) in [6, 6.07) is 6.19. The van der Waals surface area contributed by atoms with Gasteiger partial charge in [0.15, 0.2) is 5.03 Å². The summed E-state index contributed by atoms with van der Waals surface area (Å²) in [6.07, 6.45) is 2.76. The van der Waals surface area contributed by atoms with Crippen LogP contribution in [0.25, 0.3) is 0 Å². The Hall–Kier alpha value is -1.99. The molecule has 100 valence electrons. The second kappa shape index (κ2) is 5.33. The van der Waals surface area contributed by atoms with E-state index in [2.05, 4.69) is 14.7 Å². The first-order valence-corrected chi connectivity index (χ1v) is 7.01. The van der Waals surface area contributed by atoms with E-state index >= 15 is 0 Å². The minimum Gasteiger partial charge on any atom is -0.392 e. The van der Waals surface area contributed by atoms with Gasteiger partial charge in [-0.15, -0.1) is 0 Å². The topological polar surface area (TPSA) is 92.2 Å². The highest BCUT2D eigenvalue weighted by Crippen LogP contribution is 2.14. The van der Waals surface area contributed by atoms with Crippen LogP contribution in [0.15, 0.2) is 41.7 Å². The number of pyridine rings is 2. The molecule has 0 aromatic carbocycles. The van der Waals surface area contributed by atoms with Gasteiger partial charge in [0.25, 0.3) is 10.0 Å². The van der Waals surface area contributed by atoms with E-state index in [-0.39, 0.29) is 11.6 Å². The van der Waals surface area contributed by atoms with Crippen LogP contribution < -0.4 is 4.72 Å². The molecule has 2 N–H and O–H groups in total. The molecule has 6 nitrogen and oxygen atoms in total. The minimum atomic E-state index is -3.73. The van der Waals surface area contributed by atoms with Crippen molar-refractivity contribution in [2.75, 3.05) is 4.72 Å². The summed E-state index contributed by atoms with van der Waals surface area (Å²) in [5.74, 6) is 0. The smallest absolute Gasteiger partial charge is 0.279 e. The summed E-state index contributed by atoms with van der Waals surface area (Å²) in [6.45, 7) is 1.64. The molecule has 0 fully saturated rings. The standard InChI is InChI=1S/C12H13N3O3S/c1-9-2-4-11(7-13-9)15-19(17,18)12-5-3-10(8-16)6-14-12/h2-7,15-16H,8H2,1H3. The van der Waals surface area contributed by atoms with Gasteiger partial charge in [0, 0.05) is 11.9 Å². The number of rotatable bonds is 4. The Morgan fingerprint density at radius 3 is 2.47 bits per heavy atom. The Morgan fingerprint density at radius 2 is 1.95 bits per heavy atom. The molecule has 0 saturated heterocycles. The zero-order chi connectivity index (χ0) is 13.9. The fraction of sp³-hybridized carbons (Fsp3) is 0.167. The van der Waals surface area contributed by atoms with E-state index in [1.54, 1.807) is 12.1 Å². The van der Waals surface area contributed by atoms with Crippen LogP contribution in [-0.2, 0) is 16.6 Å². The summed E-state index contributed by atoms with van der Waals surface area (Å²) in [4.78, 5) is 7.81. The third kappa shape index (κ3) is 3.27. The van der Waals surface area contributed by atoms with Crippen molar-refractivity contribution in [1.29, 1.82) is 0 Å². The van der Waals surface area contributed by atoms with Crippen LogP contribution >= 0.6 is 0 Å². The quantitative estimate of drug-likeness (QED) is 0.873. The molecule has 0 aliphatic rings. The highest BCUT2D eigenvalue weighted by molar-refractivity contribution is 7.92. The van der Waals surface area contributed by atoms with Gasteiger partial charge in [0.1, 0.15) is 0 Å². The van der Waals surface area contributed by atoms with E-state index in [0.717, 1.165) is 5.69 Å². The van der Waals surface area contributed by atoms with E-state index in [1.807, 2.05) is 6.92 Å². The second-order valence-corrected chi connectivity index (χ2v) is 5.59. The fourth-order valence-electron chi connectivity index (χ4n) is 1.40. The number of sulfonamides is 1. The zero-order valence-corrected chi connectivity index (χ0v) is 11.1. The summed E-state index contributed by atoms with van der Waals surface area (Å²) in [7, 11) is -3.73. The van der Waals surface area contributed by atoms with Crippen LogP contribution in [0, 0.1) is 6.92 Å². The Kier molecular flexibility index (Phi) is 3.77. The molecule has 0 atom stereocenters. The van der Waals surface area contributed by atoms with Crippen LogP contribution in [0.3, 0.4) is 0 Å². The van der Waals surface area contributed by atoms with Gasteiger partial charge in [0.2, 0.25) is 0 Å². The molecule has 19 heavy (non-hydrogen) atoms. The number of nitrogens with one attached hydrogen (secondary N) is 1. The lowest BCUT2D eigenvalue weighted by molar-refractivity contribution is 0.281. The van der Waals surface area contributed by atoms with Gasteiger partial charge in [-0.3, -0.25) is 9.71 Å². The molecule has 0 unspecified atom stereocenters. The number of aryl methyl sites for hydroxylation is 1. The summed E-state index contributed by atoms with van der Waals surface area (Å²) in [5.41, 5.74) is 1.72. The Bertz CT molecular complexity index is 652. The van der Waals surface area contributed by atoms with Crippen LogP contribution in [0.2, 0.25) is 0 Å². The zero-order valence-electron chi connectivity index (χ0n) is 10.2. The summed E-state index contributed by atoms with van der Waals surface area (Å²) in [5, 5.41) is 8.77. The first-order valence-electron chi connectivity index (χ1n) is 5.52. The Labute approximate surface area is 111 Å². The van der Waals surface area contributed by atoms with Gasteiger partial charge in [-0.25, -0.2) is 4.98 Å². The minimum absolute atomic E-state index is 0.106. The fourth-order valence-corrected chi connectivity index (χ4v) is 2.37. The largest absolute Gasteiger partial charge is 0.392 e. The second-order valence-electron chi connectivity index (χ2n) is 3.96. The van der Waals surface area contributed by atoms with E-state index in [1.165, 1.54) is 24.5 Å². The number of aliphatic hydroxyl groups is 1. The SMILES string of the molecule is Cc1ccc(NS(=O)(=O)c2ccc(CO)cn2)cn1. The molecular formula is C12H13N3O3S. The Balaban J connectivity index is 2.24. The van der Waals surface area contributed by atoms with E-state index in [4.69, 9.17) is 5.11 Å². The van der Waals surface area contributed by atoms with Gasteiger partial charge < -0.3 is 5.11 Å².